The lowest BCUT2D eigenvalue weighted by atomic mass is 10.2. The molecule has 2 heterocycles. The van der Waals surface area contributed by atoms with Gasteiger partial charge in [-0.2, -0.15) is 5.10 Å². The number of benzene rings is 1. The number of amides is 1. The van der Waals surface area contributed by atoms with E-state index in [0.717, 1.165) is 28.8 Å². The number of carbonyl (C=O) groups is 1. The van der Waals surface area contributed by atoms with E-state index in [0.29, 0.717) is 16.7 Å². The molecule has 4 rings (SSSR count). The van der Waals surface area contributed by atoms with Crippen molar-refractivity contribution in [3.8, 4) is 0 Å². The number of nitrogens with two attached hydrogens (primary N) is 1. The number of aromatic nitrogens is 3. The van der Waals surface area contributed by atoms with Crippen LogP contribution in [0, 0.1) is 0 Å². The Morgan fingerprint density at radius 3 is 2.95 bits per heavy atom. The lowest BCUT2D eigenvalue weighted by Gasteiger charge is -1.99. The number of hydrogen-bond acceptors (Lipinski definition) is 5. The highest BCUT2D eigenvalue weighted by Crippen LogP contribution is 2.42. The van der Waals surface area contributed by atoms with Crippen LogP contribution < -0.4 is 11.1 Å². The number of thiazole rings is 1. The molecule has 1 aliphatic rings. The van der Waals surface area contributed by atoms with Gasteiger partial charge in [-0.05, 0) is 25.0 Å². The Kier molecular flexibility index (Phi) is 2.68. The topological polar surface area (TPSA) is 96.7 Å². The molecule has 106 valence electrons. The molecule has 4 N–H and O–H groups in total. The minimum Gasteiger partial charge on any atom is -0.395 e. The van der Waals surface area contributed by atoms with Gasteiger partial charge in [0.15, 0.2) is 10.8 Å². The van der Waals surface area contributed by atoms with Gasteiger partial charge in [0.05, 0.1) is 21.6 Å². The summed E-state index contributed by atoms with van der Waals surface area (Å²) in [5.74, 6) is 0.108. The largest absolute Gasteiger partial charge is 0.395 e. The maximum atomic E-state index is 12.3. The average Bonchev–Trinajstić information content (AvgIpc) is 3.11. The maximum Gasteiger partial charge on any atom is 0.280 e. The first-order chi connectivity index (χ1) is 10.2. The van der Waals surface area contributed by atoms with Gasteiger partial charge in [-0.1, -0.05) is 23.5 Å². The predicted molar refractivity (Wildman–Crippen MR) is 82.5 cm³/mol. The summed E-state index contributed by atoms with van der Waals surface area (Å²) >= 11 is 1.43. The monoisotopic (exact) mass is 299 g/mol. The molecule has 2 aromatic heterocycles. The van der Waals surface area contributed by atoms with E-state index < -0.39 is 0 Å². The average molecular weight is 299 g/mol. The number of carbonyl (C=O) groups excluding carboxylic acids is 1. The number of nitrogen functional groups attached to an aromatic ring is 1. The van der Waals surface area contributed by atoms with E-state index in [1.54, 1.807) is 0 Å². The number of nitrogens with zero attached hydrogens (tertiary/aromatic N) is 2. The molecule has 0 saturated heterocycles. The minimum absolute atomic E-state index is 0.246. The molecule has 1 aliphatic carbocycles. The van der Waals surface area contributed by atoms with Crippen molar-refractivity contribution in [2.24, 2.45) is 0 Å². The highest BCUT2D eigenvalue weighted by Gasteiger charge is 2.30. The Morgan fingerprint density at radius 1 is 1.38 bits per heavy atom. The molecule has 0 spiro atoms. The number of aromatic amines is 1. The zero-order chi connectivity index (χ0) is 14.4. The van der Waals surface area contributed by atoms with E-state index in [1.807, 2.05) is 24.3 Å². The van der Waals surface area contributed by atoms with Crippen molar-refractivity contribution >= 4 is 38.3 Å². The Labute approximate surface area is 124 Å². The first kappa shape index (κ1) is 12.3. The van der Waals surface area contributed by atoms with Crippen LogP contribution in [0.1, 0.15) is 34.9 Å². The molecule has 0 aliphatic heterocycles. The highest BCUT2D eigenvalue weighted by atomic mass is 32.1. The Morgan fingerprint density at radius 2 is 2.19 bits per heavy atom. The van der Waals surface area contributed by atoms with E-state index in [2.05, 4.69) is 20.5 Å². The van der Waals surface area contributed by atoms with E-state index in [4.69, 9.17) is 5.73 Å². The fourth-order valence-corrected chi connectivity index (χ4v) is 3.16. The van der Waals surface area contributed by atoms with Gasteiger partial charge in [0.2, 0.25) is 0 Å². The molecule has 1 amide bonds. The van der Waals surface area contributed by atoms with E-state index in [9.17, 15) is 4.79 Å². The van der Waals surface area contributed by atoms with Gasteiger partial charge >= 0.3 is 0 Å². The normalized spacial score (nSPS) is 14.5. The standard InChI is InChI=1S/C14H13N5OS/c15-10-11(7-5-6-7)18-19-12(10)13(20)17-14-16-8-3-1-2-4-9(8)21-14/h1-4,7H,5-6,15H2,(H,18,19)(H,16,17,20). The van der Waals surface area contributed by atoms with Crippen LogP contribution in [0.4, 0.5) is 10.8 Å². The lowest BCUT2D eigenvalue weighted by Crippen LogP contribution is -2.14. The minimum atomic E-state index is -0.324. The van der Waals surface area contributed by atoms with Crippen LogP contribution >= 0.6 is 11.3 Å². The van der Waals surface area contributed by atoms with Crippen molar-refractivity contribution in [2.45, 2.75) is 18.8 Å². The second-order valence-corrected chi connectivity index (χ2v) is 6.15. The fraction of sp³-hybridized carbons (Fsp3) is 0.214. The van der Waals surface area contributed by atoms with Crippen LogP contribution in [0.3, 0.4) is 0 Å². The van der Waals surface area contributed by atoms with Crippen molar-refractivity contribution in [1.29, 1.82) is 0 Å². The van der Waals surface area contributed by atoms with Crippen molar-refractivity contribution in [2.75, 3.05) is 11.1 Å². The molecular weight excluding hydrogens is 286 g/mol. The van der Waals surface area contributed by atoms with E-state index >= 15 is 0 Å². The number of fused-ring (bicyclic) bond motifs is 1. The quantitative estimate of drug-likeness (QED) is 0.692. The van der Waals surface area contributed by atoms with Gasteiger partial charge in [-0.3, -0.25) is 15.2 Å². The summed E-state index contributed by atoms with van der Waals surface area (Å²) in [6.45, 7) is 0. The molecule has 0 atom stereocenters. The molecule has 1 saturated carbocycles. The molecule has 7 heteroatoms. The Balaban J connectivity index is 1.60. The number of rotatable bonds is 3. The number of para-hydroxylation sites is 1. The zero-order valence-corrected chi connectivity index (χ0v) is 11.9. The molecule has 0 radical (unpaired) electrons. The third-order valence-electron chi connectivity index (χ3n) is 3.55. The molecule has 1 fully saturated rings. The van der Waals surface area contributed by atoms with E-state index in [1.165, 1.54) is 11.3 Å². The fourth-order valence-electron chi connectivity index (χ4n) is 2.30. The third-order valence-corrected chi connectivity index (χ3v) is 4.50. The van der Waals surface area contributed by atoms with Gasteiger partial charge in [0, 0.05) is 5.92 Å². The van der Waals surface area contributed by atoms with Crippen LogP contribution in [-0.4, -0.2) is 21.1 Å². The number of hydrogen-bond donors (Lipinski definition) is 3. The molecular formula is C14H13N5OS. The van der Waals surface area contributed by atoms with Gasteiger partial charge in [-0.15, -0.1) is 0 Å². The summed E-state index contributed by atoms with van der Waals surface area (Å²) in [6.07, 6.45) is 2.21. The molecule has 21 heavy (non-hydrogen) atoms. The summed E-state index contributed by atoms with van der Waals surface area (Å²) < 4.78 is 1.03. The molecule has 3 aromatic rings. The van der Waals surface area contributed by atoms with Crippen LogP contribution in [-0.2, 0) is 0 Å². The molecule has 0 unspecified atom stereocenters. The van der Waals surface area contributed by atoms with Crippen molar-refractivity contribution in [1.82, 2.24) is 15.2 Å². The lowest BCUT2D eigenvalue weighted by molar-refractivity contribution is 0.102. The van der Waals surface area contributed by atoms with Gasteiger partial charge < -0.3 is 5.73 Å². The highest BCUT2D eigenvalue weighted by molar-refractivity contribution is 7.22. The summed E-state index contributed by atoms with van der Waals surface area (Å²) in [6, 6.07) is 7.74. The van der Waals surface area contributed by atoms with Crippen LogP contribution in [0.2, 0.25) is 0 Å². The second kappa shape index (κ2) is 4.56. The van der Waals surface area contributed by atoms with Crippen molar-refractivity contribution < 1.29 is 4.79 Å². The number of anilines is 2. The summed E-state index contributed by atoms with van der Waals surface area (Å²) in [5.41, 5.74) is 8.45. The first-order valence-electron chi connectivity index (χ1n) is 6.73. The Hall–Kier alpha value is -2.41. The maximum absolute atomic E-state index is 12.3. The SMILES string of the molecule is Nc1c(C(=O)Nc2nc3ccccc3s2)n[nH]c1C1CC1. The zero-order valence-electron chi connectivity index (χ0n) is 11.1. The number of nitrogens with one attached hydrogen (secondary N) is 2. The van der Waals surface area contributed by atoms with Gasteiger partial charge in [0.25, 0.3) is 5.91 Å². The summed E-state index contributed by atoms with van der Waals surface area (Å²) in [4.78, 5) is 16.6. The molecule has 1 aromatic carbocycles. The summed E-state index contributed by atoms with van der Waals surface area (Å²) in [7, 11) is 0. The van der Waals surface area contributed by atoms with Gasteiger partial charge in [-0.25, -0.2) is 4.98 Å². The molecule has 6 nitrogen and oxygen atoms in total. The summed E-state index contributed by atoms with van der Waals surface area (Å²) in [5, 5.41) is 10.2. The van der Waals surface area contributed by atoms with E-state index in [-0.39, 0.29) is 11.6 Å². The second-order valence-electron chi connectivity index (χ2n) is 5.11. The molecule has 0 bridgehead atoms. The van der Waals surface area contributed by atoms with Crippen LogP contribution in [0.25, 0.3) is 10.2 Å². The first-order valence-corrected chi connectivity index (χ1v) is 7.54. The number of H-pyrrole nitrogens is 1. The van der Waals surface area contributed by atoms with Gasteiger partial charge in [0.1, 0.15) is 0 Å². The van der Waals surface area contributed by atoms with Crippen LogP contribution in [0.15, 0.2) is 24.3 Å². The van der Waals surface area contributed by atoms with Crippen molar-refractivity contribution in [3.05, 3.63) is 35.7 Å². The smallest absolute Gasteiger partial charge is 0.280 e. The Bertz CT molecular complexity index is 800. The van der Waals surface area contributed by atoms with Crippen LogP contribution in [0.5, 0.6) is 0 Å². The van der Waals surface area contributed by atoms with Crippen molar-refractivity contribution in [3.63, 3.8) is 0 Å². The predicted octanol–water partition coefficient (Wildman–Crippen LogP) is 2.73. The third kappa shape index (κ3) is 2.15.